The van der Waals surface area contributed by atoms with Gasteiger partial charge in [-0.25, -0.2) is 4.79 Å². The lowest BCUT2D eigenvalue weighted by atomic mass is 9.90. The molecule has 0 saturated heterocycles. The van der Waals surface area contributed by atoms with Gasteiger partial charge in [0.2, 0.25) is 0 Å². The Kier molecular flexibility index (Phi) is 4.54. The number of anilines is 1. The fourth-order valence-electron chi connectivity index (χ4n) is 1.83. The fourth-order valence-corrected chi connectivity index (χ4v) is 1.83. The summed E-state index contributed by atoms with van der Waals surface area (Å²) in [6.07, 6.45) is 2.58. The van der Waals surface area contributed by atoms with Crippen LogP contribution in [0, 0.1) is 16.7 Å². The summed E-state index contributed by atoms with van der Waals surface area (Å²) >= 11 is 0. The van der Waals surface area contributed by atoms with Crippen molar-refractivity contribution in [1.29, 1.82) is 5.26 Å². The molecule has 6 heteroatoms. The second-order valence-electron chi connectivity index (χ2n) is 5.21. The average molecular weight is 264 g/mol. The van der Waals surface area contributed by atoms with Crippen LogP contribution < -0.4 is 17.0 Å². The normalized spacial score (nSPS) is 11.3. The number of hydrogen-bond donors (Lipinski definition) is 1. The van der Waals surface area contributed by atoms with E-state index in [9.17, 15) is 9.59 Å². The summed E-state index contributed by atoms with van der Waals surface area (Å²) in [5, 5.41) is 8.92. The lowest BCUT2D eigenvalue weighted by Gasteiger charge is -2.15. The van der Waals surface area contributed by atoms with Gasteiger partial charge in [0.1, 0.15) is 5.69 Å². The highest BCUT2D eigenvalue weighted by atomic mass is 16.2. The van der Waals surface area contributed by atoms with Gasteiger partial charge in [-0.3, -0.25) is 13.9 Å². The molecule has 1 aromatic heterocycles. The van der Waals surface area contributed by atoms with Crippen LogP contribution >= 0.6 is 0 Å². The minimum Gasteiger partial charge on any atom is -0.393 e. The Balaban J connectivity index is 2.97. The van der Waals surface area contributed by atoms with Crippen molar-refractivity contribution in [3.05, 3.63) is 27.0 Å². The summed E-state index contributed by atoms with van der Waals surface area (Å²) in [5.74, 6) is 0. The molecule has 0 aliphatic carbocycles. The molecule has 0 bridgehead atoms. The second-order valence-corrected chi connectivity index (χ2v) is 5.21. The molecule has 2 N–H and O–H groups in total. The molecule has 0 aliphatic heterocycles. The molecular formula is C13H20N4O2. The van der Waals surface area contributed by atoms with Gasteiger partial charge in [-0.15, -0.1) is 0 Å². The van der Waals surface area contributed by atoms with Gasteiger partial charge in [0, 0.05) is 19.3 Å². The standard InChI is InChI=1S/C13H20N4O2/c1-4-16-8-10(15)11(18)17(12(16)19)7-5-6-13(2,3)9-14/h8H,4-7,15H2,1-3H3. The zero-order valence-corrected chi connectivity index (χ0v) is 11.6. The lowest BCUT2D eigenvalue weighted by molar-refractivity contribution is 0.406. The molecule has 0 amide bonds. The van der Waals surface area contributed by atoms with Crippen molar-refractivity contribution in [3.63, 3.8) is 0 Å². The first kappa shape index (κ1) is 15.0. The predicted molar refractivity (Wildman–Crippen MR) is 73.7 cm³/mol. The second kappa shape index (κ2) is 5.74. The van der Waals surface area contributed by atoms with Crippen LogP contribution in [0.4, 0.5) is 5.69 Å². The molecule has 104 valence electrons. The Labute approximate surface area is 112 Å². The van der Waals surface area contributed by atoms with Gasteiger partial charge >= 0.3 is 5.69 Å². The van der Waals surface area contributed by atoms with Crippen LogP contribution in [0.2, 0.25) is 0 Å². The number of nitrogens with zero attached hydrogens (tertiary/aromatic N) is 3. The summed E-state index contributed by atoms with van der Waals surface area (Å²) in [6, 6.07) is 2.20. The van der Waals surface area contributed by atoms with Gasteiger partial charge in [0.05, 0.1) is 11.5 Å². The summed E-state index contributed by atoms with van der Waals surface area (Å²) in [6.45, 7) is 6.23. The monoisotopic (exact) mass is 264 g/mol. The van der Waals surface area contributed by atoms with E-state index in [-0.39, 0.29) is 17.9 Å². The zero-order chi connectivity index (χ0) is 14.6. The minimum atomic E-state index is -0.454. The maximum atomic E-state index is 12.0. The molecule has 1 heterocycles. The number of rotatable bonds is 5. The highest BCUT2D eigenvalue weighted by Crippen LogP contribution is 2.20. The van der Waals surface area contributed by atoms with Crippen LogP contribution in [0.25, 0.3) is 0 Å². The van der Waals surface area contributed by atoms with Gasteiger partial charge in [0.15, 0.2) is 0 Å². The Bertz CT molecular complexity index is 605. The number of nitrogen functional groups attached to an aromatic ring is 1. The van der Waals surface area contributed by atoms with E-state index in [1.54, 1.807) is 0 Å². The molecule has 0 spiro atoms. The van der Waals surface area contributed by atoms with Gasteiger partial charge in [0.25, 0.3) is 5.56 Å². The van der Waals surface area contributed by atoms with Crippen molar-refractivity contribution in [3.8, 4) is 6.07 Å². The van der Waals surface area contributed by atoms with E-state index in [1.807, 2.05) is 20.8 Å². The molecule has 0 aromatic carbocycles. The van der Waals surface area contributed by atoms with Crippen molar-refractivity contribution >= 4 is 5.69 Å². The SMILES string of the molecule is CCn1cc(N)c(=O)n(CCCC(C)(C)C#N)c1=O. The van der Waals surface area contributed by atoms with Gasteiger partial charge in [-0.05, 0) is 33.6 Å². The number of hydrogen-bond acceptors (Lipinski definition) is 4. The van der Waals surface area contributed by atoms with Crippen LogP contribution in [-0.4, -0.2) is 9.13 Å². The first-order chi connectivity index (χ1) is 8.82. The Morgan fingerprint density at radius 3 is 2.58 bits per heavy atom. The number of aryl methyl sites for hydroxylation is 1. The van der Waals surface area contributed by atoms with Gasteiger partial charge in [-0.2, -0.15) is 5.26 Å². The third-order valence-electron chi connectivity index (χ3n) is 3.09. The van der Waals surface area contributed by atoms with Crippen LogP contribution in [0.3, 0.4) is 0 Å². The Morgan fingerprint density at radius 1 is 1.42 bits per heavy atom. The summed E-state index contributed by atoms with van der Waals surface area (Å²) < 4.78 is 2.55. The maximum absolute atomic E-state index is 12.0. The number of aromatic nitrogens is 2. The summed E-state index contributed by atoms with van der Waals surface area (Å²) in [7, 11) is 0. The molecule has 6 nitrogen and oxygen atoms in total. The van der Waals surface area contributed by atoms with E-state index in [4.69, 9.17) is 11.0 Å². The lowest BCUT2D eigenvalue weighted by Crippen LogP contribution is -2.40. The molecule has 1 rings (SSSR count). The average Bonchev–Trinajstić information content (AvgIpc) is 2.37. The molecule has 0 radical (unpaired) electrons. The van der Waals surface area contributed by atoms with Crippen molar-refractivity contribution in [1.82, 2.24) is 9.13 Å². The minimum absolute atomic E-state index is 0.0704. The first-order valence-corrected chi connectivity index (χ1v) is 6.33. The Hall–Kier alpha value is -2.03. The predicted octanol–water partition coefficient (Wildman–Crippen LogP) is 0.942. The third kappa shape index (κ3) is 3.47. The van der Waals surface area contributed by atoms with Crippen LogP contribution in [-0.2, 0) is 13.1 Å². The molecule has 0 unspecified atom stereocenters. The highest BCUT2D eigenvalue weighted by Gasteiger charge is 2.16. The van der Waals surface area contributed by atoms with Crippen molar-refractivity contribution in [2.24, 2.45) is 5.41 Å². The van der Waals surface area contributed by atoms with Crippen molar-refractivity contribution in [2.45, 2.75) is 46.7 Å². The smallest absolute Gasteiger partial charge is 0.331 e. The van der Waals surface area contributed by atoms with Gasteiger partial charge < -0.3 is 5.73 Å². The van der Waals surface area contributed by atoms with Crippen LogP contribution in [0.5, 0.6) is 0 Å². The quantitative estimate of drug-likeness (QED) is 0.856. The fraction of sp³-hybridized carbons (Fsp3) is 0.615. The zero-order valence-electron chi connectivity index (χ0n) is 11.6. The molecule has 0 fully saturated rings. The van der Waals surface area contributed by atoms with Crippen LogP contribution in [0.15, 0.2) is 15.8 Å². The highest BCUT2D eigenvalue weighted by molar-refractivity contribution is 5.30. The van der Waals surface area contributed by atoms with E-state index < -0.39 is 11.0 Å². The van der Waals surface area contributed by atoms with Crippen molar-refractivity contribution < 1.29 is 0 Å². The van der Waals surface area contributed by atoms with E-state index in [0.29, 0.717) is 19.4 Å². The van der Waals surface area contributed by atoms with E-state index >= 15 is 0 Å². The number of nitriles is 1. The summed E-state index contributed by atoms with van der Waals surface area (Å²) in [5.41, 5.74) is 4.42. The molecular weight excluding hydrogens is 244 g/mol. The Morgan fingerprint density at radius 2 is 2.05 bits per heavy atom. The summed E-state index contributed by atoms with van der Waals surface area (Å²) in [4.78, 5) is 23.8. The van der Waals surface area contributed by atoms with E-state index in [2.05, 4.69) is 6.07 Å². The van der Waals surface area contributed by atoms with Crippen LogP contribution in [0.1, 0.15) is 33.6 Å². The first-order valence-electron chi connectivity index (χ1n) is 6.33. The number of nitrogens with two attached hydrogens (primary N) is 1. The van der Waals surface area contributed by atoms with Gasteiger partial charge in [-0.1, -0.05) is 0 Å². The third-order valence-corrected chi connectivity index (χ3v) is 3.09. The topological polar surface area (TPSA) is 93.8 Å². The molecule has 0 aliphatic rings. The maximum Gasteiger partial charge on any atom is 0.331 e. The molecule has 1 aromatic rings. The van der Waals surface area contributed by atoms with Crippen molar-refractivity contribution in [2.75, 3.05) is 5.73 Å². The molecule has 0 saturated carbocycles. The van der Waals surface area contributed by atoms with E-state index in [1.165, 1.54) is 10.8 Å². The van der Waals surface area contributed by atoms with E-state index in [0.717, 1.165) is 4.57 Å². The molecule has 19 heavy (non-hydrogen) atoms. The largest absolute Gasteiger partial charge is 0.393 e. The molecule has 0 atom stereocenters.